The Morgan fingerprint density at radius 3 is 2.45 bits per heavy atom. The van der Waals surface area contributed by atoms with Gasteiger partial charge in [0.1, 0.15) is 0 Å². The number of benzene rings is 2. The quantitative estimate of drug-likeness (QED) is 0.708. The van der Waals surface area contributed by atoms with Crippen LogP contribution in [0.3, 0.4) is 0 Å². The molecule has 8 heteroatoms. The molecule has 0 aliphatic carbocycles. The predicted molar refractivity (Wildman–Crippen MR) is 83.1 cm³/mol. The van der Waals surface area contributed by atoms with E-state index < -0.39 is 10.0 Å². The lowest BCUT2D eigenvalue weighted by molar-refractivity contribution is 0.459. The Hall–Kier alpha value is -2.38. The highest BCUT2D eigenvalue weighted by Crippen LogP contribution is 2.35. The normalized spacial score (nSPS) is 12.2. The molecule has 0 saturated carbocycles. The first-order chi connectivity index (χ1) is 10.5. The molecule has 3 rings (SSSR count). The van der Waals surface area contributed by atoms with Crippen LogP contribution in [-0.2, 0) is 10.0 Å². The fourth-order valence-electron chi connectivity index (χ4n) is 1.96. The first-order valence-electron chi connectivity index (χ1n) is 6.20. The topological polar surface area (TPSA) is 94.9 Å². The third-order valence-corrected chi connectivity index (χ3v) is 4.44. The lowest BCUT2D eigenvalue weighted by atomic mass is 10.2. The zero-order valence-electron chi connectivity index (χ0n) is 11.1. The van der Waals surface area contributed by atoms with Gasteiger partial charge in [-0.25, -0.2) is 0 Å². The number of halogens is 1. The summed E-state index contributed by atoms with van der Waals surface area (Å²) in [7, 11) is -3.96. The van der Waals surface area contributed by atoms with Crippen molar-refractivity contribution in [2.75, 3.05) is 0 Å². The Labute approximate surface area is 131 Å². The van der Waals surface area contributed by atoms with Crippen LogP contribution in [0.1, 0.15) is 0 Å². The van der Waals surface area contributed by atoms with Crippen molar-refractivity contribution in [3.05, 3.63) is 53.6 Å². The number of para-hydroxylation sites is 1. The summed E-state index contributed by atoms with van der Waals surface area (Å²) < 4.78 is 27.6. The lowest BCUT2D eigenvalue weighted by Crippen LogP contribution is -1.94. The van der Waals surface area contributed by atoms with E-state index >= 15 is 0 Å². The fourth-order valence-corrected chi connectivity index (χ4v) is 2.85. The Morgan fingerprint density at radius 2 is 1.73 bits per heavy atom. The van der Waals surface area contributed by atoms with Crippen LogP contribution in [0.15, 0.2) is 63.1 Å². The maximum Gasteiger partial charge on any atom is 0.299 e. The van der Waals surface area contributed by atoms with Crippen molar-refractivity contribution in [3.63, 3.8) is 0 Å². The lowest BCUT2D eigenvalue weighted by Gasteiger charge is -1.97. The smallest absolute Gasteiger partial charge is 0.299 e. The van der Waals surface area contributed by atoms with Gasteiger partial charge in [0.25, 0.3) is 10.0 Å². The number of aromatic hydroxyl groups is 1. The number of aromatic amines is 1. The van der Waals surface area contributed by atoms with Gasteiger partial charge in [-0.2, -0.15) is 8.42 Å². The summed E-state index contributed by atoms with van der Waals surface area (Å²) >= 11 is 5.72. The molecule has 0 bridgehead atoms. The van der Waals surface area contributed by atoms with Crippen LogP contribution < -0.4 is 0 Å². The van der Waals surface area contributed by atoms with E-state index in [2.05, 4.69) is 14.6 Å². The predicted octanol–water partition coefficient (Wildman–Crippen LogP) is 4.00. The Balaban J connectivity index is 2.02. The van der Waals surface area contributed by atoms with Gasteiger partial charge in [0.2, 0.25) is 5.88 Å². The van der Waals surface area contributed by atoms with Crippen LogP contribution in [-0.4, -0.2) is 18.5 Å². The zero-order valence-corrected chi connectivity index (χ0v) is 12.6. The number of aromatic nitrogens is 1. The van der Waals surface area contributed by atoms with Crippen molar-refractivity contribution in [3.8, 4) is 5.88 Å². The number of hydrogen-bond donors (Lipinski definition) is 2. The molecular formula is C14H10ClN3O3S. The third kappa shape index (κ3) is 2.68. The van der Waals surface area contributed by atoms with Gasteiger partial charge in [0, 0.05) is 10.4 Å². The summed E-state index contributed by atoms with van der Waals surface area (Å²) in [5.41, 5.74) is 0.714. The number of nitrogens with zero attached hydrogens (tertiary/aromatic N) is 2. The monoisotopic (exact) mass is 335 g/mol. The minimum atomic E-state index is -3.96. The molecule has 6 nitrogen and oxygen atoms in total. The molecule has 112 valence electrons. The molecule has 0 saturated heterocycles. The van der Waals surface area contributed by atoms with E-state index in [-0.39, 0.29) is 16.5 Å². The van der Waals surface area contributed by atoms with E-state index in [0.717, 1.165) is 0 Å². The van der Waals surface area contributed by atoms with E-state index in [4.69, 9.17) is 11.6 Å². The molecule has 0 radical (unpaired) electrons. The van der Waals surface area contributed by atoms with Gasteiger partial charge in [-0.3, -0.25) is 0 Å². The van der Waals surface area contributed by atoms with Crippen LogP contribution in [0.2, 0.25) is 5.02 Å². The van der Waals surface area contributed by atoms with Gasteiger partial charge < -0.3 is 10.1 Å². The average Bonchev–Trinajstić information content (AvgIpc) is 2.81. The molecule has 0 unspecified atom stereocenters. The second kappa shape index (κ2) is 5.43. The van der Waals surface area contributed by atoms with E-state index in [1.165, 1.54) is 24.3 Å². The standard InChI is InChI=1S/C14H10ClN3O3S/c15-9-5-7-10(8-6-9)22(20,21)18-17-13-11-3-1-2-4-12(11)16-14(13)19/h1-8,16,19H. The Morgan fingerprint density at radius 1 is 1.05 bits per heavy atom. The Kier molecular flexibility index (Phi) is 3.59. The Bertz CT molecular complexity index is 963. The SMILES string of the molecule is O=S(=O)(N=Nc1c(O)[nH]c2ccccc12)c1ccc(Cl)cc1. The molecule has 3 aromatic rings. The fraction of sp³-hybridized carbons (Fsp3) is 0. The average molecular weight is 336 g/mol. The number of sulfonamides is 1. The molecule has 2 aromatic carbocycles. The molecule has 0 spiro atoms. The maximum atomic E-state index is 12.1. The van der Waals surface area contributed by atoms with Crippen molar-refractivity contribution < 1.29 is 13.5 Å². The second-order valence-corrected chi connectivity index (χ2v) is 6.50. The summed E-state index contributed by atoms with van der Waals surface area (Å²) in [5, 5.41) is 14.5. The minimum absolute atomic E-state index is 0.0278. The van der Waals surface area contributed by atoms with Crippen molar-refractivity contribution in [1.82, 2.24) is 4.98 Å². The van der Waals surface area contributed by atoms with E-state index in [0.29, 0.717) is 15.9 Å². The van der Waals surface area contributed by atoms with E-state index in [1.807, 2.05) is 0 Å². The van der Waals surface area contributed by atoms with Crippen LogP contribution in [0.25, 0.3) is 10.9 Å². The molecule has 0 aliphatic heterocycles. The highest BCUT2D eigenvalue weighted by molar-refractivity contribution is 7.90. The molecule has 22 heavy (non-hydrogen) atoms. The molecule has 0 aliphatic rings. The second-order valence-electron chi connectivity index (χ2n) is 4.48. The van der Waals surface area contributed by atoms with Gasteiger partial charge in [-0.05, 0) is 30.3 Å². The highest BCUT2D eigenvalue weighted by Gasteiger charge is 2.15. The van der Waals surface area contributed by atoms with Crippen LogP contribution in [0.4, 0.5) is 5.69 Å². The first-order valence-corrected chi connectivity index (χ1v) is 8.02. The highest BCUT2D eigenvalue weighted by atomic mass is 35.5. The van der Waals surface area contributed by atoms with Gasteiger partial charge in [-0.15, -0.1) is 5.11 Å². The summed E-state index contributed by atoms with van der Waals surface area (Å²) in [6.07, 6.45) is 0. The van der Waals surface area contributed by atoms with Gasteiger partial charge >= 0.3 is 0 Å². The van der Waals surface area contributed by atoms with Crippen molar-refractivity contribution in [2.24, 2.45) is 9.63 Å². The number of fused-ring (bicyclic) bond motifs is 1. The molecule has 0 atom stereocenters. The number of H-pyrrole nitrogens is 1. The first kappa shape index (κ1) is 14.6. The van der Waals surface area contributed by atoms with E-state index in [1.54, 1.807) is 24.3 Å². The molecule has 0 fully saturated rings. The van der Waals surface area contributed by atoms with Crippen molar-refractivity contribution in [2.45, 2.75) is 4.90 Å². The van der Waals surface area contributed by atoms with Crippen LogP contribution >= 0.6 is 11.6 Å². The molecule has 0 amide bonds. The van der Waals surface area contributed by atoms with E-state index in [9.17, 15) is 13.5 Å². The van der Waals surface area contributed by atoms with Crippen LogP contribution in [0, 0.1) is 0 Å². The maximum absolute atomic E-state index is 12.1. The van der Waals surface area contributed by atoms with Crippen molar-refractivity contribution >= 4 is 38.2 Å². The minimum Gasteiger partial charge on any atom is -0.493 e. The molecular weight excluding hydrogens is 326 g/mol. The number of nitrogens with one attached hydrogen (secondary N) is 1. The summed E-state index contributed by atoms with van der Waals surface area (Å²) in [4.78, 5) is 2.67. The van der Waals surface area contributed by atoms with Crippen molar-refractivity contribution in [1.29, 1.82) is 0 Å². The molecule has 2 N–H and O–H groups in total. The van der Waals surface area contributed by atoms with Crippen LogP contribution in [0.5, 0.6) is 5.88 Å². The summed E-state index contributed by atoms with van der Waals surface area (Å²) in [5.74, 6) is -0.240. The molecule has 1 aromatic heterocycles. The largest absolute Gasteiger partial charge is 0.493 e. The third-order valence-electron chi connectivity index (χ3n) is 3.02. The van der Waals surface area contributed by atoms with Gasteiger partial charge in [0.15, 0.2) is 5.69 Å². The number of rotatable bonds is 3. The molecule has 1 heterocycles. The summed E-state index contributed by atoms with van der Waals surface area (Å²) in [6.45, 7) is 0. The summed E-state index contributed by atoms with van der Waals surface area (Å²) in [6, 6.07) is 12.6. The number of hydrogen-bond acceptors (Lipinski definition) is 4. The zero-order chi connectivity index (χ0) is 15.7. The van der Waals surface area contributed by atoms with Gasteiger partial charge in [-0.1, -0.05) is 34.3 Å². The van der Waals surface area contributed by atoms with Gasteiger partial charge in [0.05, 0.1) is 10.4 Å².